The van der Waals surface area contributed by atoms with E-state index in [0.29, 0.717) is 11.4 Å². The molecule has 22 heavy (non-hydrogen) atoms. The SMILES string of the molecule is O=C1Nc2ccccc2C1=Nc1nc(-c2ccccc2)co1. The van der Waals surface area contributed by atoms with Crippen LogP contribution in [0.15, 0.2) is 70.3 Å². The van der Waals surface area contributed by atoms with Crippen LogP contribution in [0.3, 0.4) is 0 Å². The van der Waals surface area contributed by atoms with Crippen LogP contribution in [0, 0.1) is 0 Å². The smallest absolute Gasteiger partial charge is 0.322 e. The van der Waals surface area contributed by atoms with E-state index in [2.05, 4.69) is 15.3 Å². The molecule has 1 aliphatic heterocycles. The molecule has 1 aliphatic rings. The molecule has 5 nitrogen and oxygen atoms in total. The average Bonchev–Trinajstić information content (AvgIpc) is 3.14. The highest BCUT2D eigenvalue weighted by molar-refractivity contribution is 6.54. The highest BCUT2D eigenvalue weighted by Gasteiger charge is 2.26. The Hall–Kier alpha value is -3.21. The Morgan fingerprint density at radius 2 is 1.77 bits per heavy atom. The van der Waals surface area contributed by atoms with Crippen LogP contribution in [-0.2, 0) is 4.79 Å². The molecule has 106 valence electrons. The number of nitrogens with one attached hydrogen (secondary N) is 1. The molecule has 0 unspecified atom stereocenters. The number of carbonyl (C=O) groups is 1. The number of fused-ring (bicyclic) bond motifs is 1. The molecule has 0 fully saturated rings. The van der Waals surface area contributed by atoms with Gasteiger partial charge in [0.1, 0.15) is 17.7 Å². The number of aliphatic imine (C=N–C) groups is 1. The molecule has 3 aromatic rings. The topological polar surface area (TPSA) is 67.5 Å². The molecule has 5 heteroatoms. The van der Waals surface area contributed by atoms with Crippen molar-refractivity contribution in [1.82, 2.24) is 4.98 Å². The zero-order chi connectivity index (χ0) is 14.9. The lowest BCUT2D eigenvalue weighted by Crippen LogP contribution is -2.13. The fourth-order valence-electron chi connectivity index (χ4n) is 2.37. The summed E-state index contributed by atoms with van der Waals surface area (Å²) in [4.78, 5) is 20.6. The Bertz CT molecular complexity index is 882. The normalized spacial score (nSPS) is 14.9. The number of para-hydroxylation sites is 1. The number of amides is 1. The highest BCUT2D eigenvalue weighted by atomic mass is 16.4. The van der Waals surface area contributed by atoms with Crippen molar-refractivity contribution in [3.8, 4) is 11.3 Å². The molecule has 0 aliphatic carbocycles. The van der Waals surface area contributed by atoms with Gasteiger partial charge < -0.3 is 9.73 Å². The number of anilines is 1. The summed E-state index contributed by atoms with van der Waals surface area (Å²) in [6, 6.07) is 17.2. The molecule has 1 aromatic heterocycles. The number of nitrogens with zero attached hydrogens (tertiary/aromatic N) is 2. The second-order valence-electron chi connectivity index (χ2n) is 4.84. The van der Waals surface area contributed by atoms with Gasteiger partial charge in [0.15, 0.2) is 0 Å². The second kappa shape index (κ2) is 4.96. The Kier molecular flexibility index (Phi) is 2.83. The Morgan fingerprint density at radius 1 is 1.00 bits per heavy atom. The molecular formula is C17H11N3O2. The molecule has 0 saturated heterocycles. The summed E-state index contributed by atoms with van der Waals surface area (Å²) in [7, 11) is 0. The summed E-state index contributed by atoms with van der Waals surface area (Å²) in [5.74, 6) is -0.249. The van der Waals surface area contributed by atoms with Crippen molar-refractivity contribution in [2.24, 2.45) is 4.99 Å². The van der Waals surface area contributed by atoms with Crippen molar-refractivity contribution in [2.45, 2.75) is 0 Å². The van der Waals surface area contributed by atoms with Crippen LogP contribution in [0.1, 0.15) is 5.56 Å². The molecule has 2 heterocycles. The number of benzene rings is 2. The maximum atomic E-state index is 12.0. The summed E-state index contributed by atoms with van der Waals surface area (Å²) in [6.07, 6.45) is 1.54. The zero-order valence-electron chi connectivity index (χ0n) is 11.5. The predicted octanol–water partition coefficient (Wildman–Crippen LogP) is 3.41. The minimum atomic E-state index is -0.249. The monoisotopic (exact) mass is 289 g/mol. The van der Waals surface area contributed by atoms with Crippen molar-refractivity contribution in [3.63, 3.8) is 0 Å². The van der Waals surface area contributed by atoms with Gasteiger partial charge in [-0.1, -0.05) is 48.5 Å². The van der Waals surface area contributed by atoms with E-state index in [1.54, 1.807) is 0 Å². The number of rotatable bonds is 2. The first kappa shape index (κ1) is 12.5. The molecule has 0 bridgehead atoms. The van der Waals surface area contributed by atoms with Crippen LogP contribution in [-0.4, -0.2) is 16.6 Å². The Morgan fingerprint density at radius 3 is 2.64 bits per heavy atom. The third-order valence-electron chi connectivity index (χ3n) is 3.41. The summed E-state index contributed by atoms with van der Waals surface area (Å²) in [5, 5.41) is 2.77. The van der Waals surface area contributed by atoms with E-state index >= 15 is 0 Å². The third kappa shape index (κ3) is 2.09. The zero-order valence-corrected chi connectivity index (χ0v) is 11.5. The molecule has 1 amide bonds. The van der Waals surface area contributed by atoms with Crippen molar-refractivity contribution in [1.29, 1.82) is 0 Å². The third-order valence-corrected chi connectivity index (χ3v) is 3.41. The summed E-state index contributed by atoms with van der Waals surface area (Å²) in [5.41, 5.74) is 3.45. The number of oxazole rings is 1. The molecule has 0 spiro atoms. The van der Waals surface area contributed by atoms with Gasteiger partial charge in [0, 0.05) is 11.1 Å². The fourth-order valence-corrected chi connectivity index (χ4v) is 2.37. The van der Waals surface area contributed by atoms with Crippen LogP contribution < -0.4 is 5.32 Å². The molecule has 1 N–H and O–H groups in total. The van der Waals surface area contributed by atoms with Gasteiger partial charge in [0.05, 0.1) is 5.69 Å². The van der Waals surface area contributed by atoms with Gasteiger partial charge in [-0.2, -0.15) is 9.98 Å². The quantitative estimate of drug-likeness (QED) is 0.786. The van der Waals surface area contributed by atoms with Gasteiger partial charge in [-0.3, -0.25) is 4.79 Å². The first-order chi connectivity index (χ1) is 10.8. The molecule has 0 saturated carbocycles. The van der Waals surface area contributed by atoms with Gasteiger partial charge in [-0.25, -0.2) is 0 Å². The van der Waals surface area contributed by atoms with Crippen molar-refractivity contribution in [3.05, 3.63) is 66.4 Å². The summed E-state index contributed by atoms with van der Waals surface area (Å²) >= 11 is 0. The van der Waals surface area contributed by atoms with E-state index in [4.69, 9.17) is 4.42 Å². The lowest BCUT2D eigenvalue weighted by molar-refractivity contribution is -0.110. The Labute approximate surface area is 126 Å². The van der Waals surface area contributed by atoms with Gasteiger partial charge >= 0.3 is 6.01 Å². The van der Waals surface area contributed by atoms with Crippen molar-refractivity contribution in [2.75, 3.05) is 5.32 Å². The van der Waals surface area contributed by atoms with Gasteiger partial charge in [-0.15, -0.1) is 0 Å². The lowest BCUT2D eigenvalue weighted by Gasteiger charge is -1.94. The maximum absolute atomic E-state index is 12.0. The van der Waals surface area contributed by atoms with Gasteiger partial charge in [0.2, 0.25) is 0 Å². The van der Waals surface area contributed by atoms with E-state index in [-0.39, 0.29) is 11.9 Å². The van der Waals surface area contributed by atoms with Gasteiger partial charge in [0.25, 0.3) is 5.91 Å². The second-order valence-corrected chi connectivity index (χ2v) is 4.84. The minimum Gasteiger partial charge on any atom is -0.430 e. The molecule has 0 atom stereocenters. The lowest BCUT2D eigenvalue weighted by atomic mass is 10.1. The number of aromatic nitrogens is 1. The van der Waals surface area contributed by atoms with Crippen LogP contribution in [0.4, 0.5) is 11.7 Å². The van der Waals surface area contributed by atoms with Crippen LogP contribution in [0.2, 0.25) is 0 Å². The average molecular weight is 289 g/mol. The van der Waals surface area contributed by atoms with Crippen LogP contribution in [0.5, 0.6) is 0 Å². The maximum Gasteiger partial charge on any atom is 0.322 e. The molecular weight excluding hydrogens is 278 g/mol. The van der Waals surface area contributed by atoms with E-state index < -0.39 is 0 Å². The highest BCUT2D eigenvalue weighted by Crippen LogP contribution is 2.26. The standard InChI is InChI=1S/C17H11N3O2/c21-16-15(12-8-4-5-9-13(12)18-16)20-17-19-14(10-22-17)11-6-2-1-3-7-11/h1-10H,(H,18,19,20,21). The van der Waals surface area contributed by atoms with Crippen LogP contribution in [0.25, 0.3) is 11.3 Å². The summed E-state index contributed by atoms with van der Waals surface area (Å²) in [6.45, 7) is 0. The number of hydrogen-bond donors (Lipinski definition) is 1. The van der Waals surface area contributed by atoms with Gasteiger partial charge in [-0.05, 0) is 6.07 Å². The van der Waals surface area contributed by atoms with Crippen molar-refractivity contribution < 1.29 is 9.21 Å². The van der Waals surface area contributed by atoms with E-state index in [1.165, 1.54) is 6.26 Å². The van der Waals surface area contributed by atoms with E-state index in [0.717, 1.165) is 16.8 Å². The predicted molar refractivity (Wildman–Crippen MR) is 83.2 cm³/mol. The first-order valence-corrected chi connectivity index (χ1v) is 6.82. The molecule has 4 rings (SSSR count). The minimum absolute atomic E-state index is 0.167. The van der Waals surface area contributed by atoms with E-state index in [1.807, 2.05) is 54.6 Å². The number of carbonyl (C=O) groups excluding carboxylic acids is 1. The Balaban J connectivity index is 1.72. The van der Waals surface area contributed by atoms with Crippen molar-refractivity contribution >= 4 is 23.3 Å². The molecule has 0 radical (unpaired) electrons. The largest absolute Gasteiger partial charge is 0.430 e. The number of hydrogen-bond acceptors (Lipinski definition) is 4. The summed E-state index contributed by atoms with van der Waals surface area (Å²) < 4.78 is 5.37. The fraction of sp³-hybridized carbons (Fsp3) is 0. The molecule has 2 aromatic carbocycles. The van der Waals surface area contributed by atoms with E-state index in [9.17, 15) is 4.79 Å². The first-order valence-electron chi connectivity index (χ1n) is 6.82. The van der Waals surface area contributed by atoms with Crippen LogP contribution >= 0.6 is 0 Å².